The minimum Gasteiger partial charge on any atom is -0.454 e. The summed E-state index contributed by atoms with van der Waals surface area (Å²) in [6, 6.07) is 8.95. The summed E-state index contributed by atoms with van der Waals surface area (Å²) in [7, 11) is 0. The summed E-state index contributed by atoms with van der Waals surface area (Å²) in [5.41, 5.74) is 1.00. The zero-order valence-electron chi connectivity index (χ0n) is 13.4. The SMILES string of the molecule is O=C1C(=Cc2cc3c(cc2Cl)OCO3)SC(=S)N1c1ccc([N+](=O)[O-])cc1. The van der Waals surface area contributed by atoms with Crippen molar-refractivity contribution in [1.82, 2.24) is 0 Å². The van der Waals surface area contributed by atoms with Crippen LogP contribution in [0.2, 0.25) is 5.02 Å². The molecule has 1 fully saturated rings. The van der Waals surface area contributed by atoms with E-state index in [2.05, 4.69) is 0 Å². The van der Waals surface area contributed by atoms with Crippen LogP contribution < -0.4 is 14.4 Å². The molecule has 0 spiro atoms. The second-order valence-electron chi connectivity index (χ2n) is 5.52. The number of nitrogens with zero attached hydrogens (tertiary/aromatic N) is 2. The molecular weight excluding hydrogens is 412 g/mol. The summed E-state index contributed by atoms with van der Waals surface area (Å²) in [5.74, 6) is 0.777. The molecule has 136 valence electrons. The molecule has 0 saturated carbocycles. The van der Waals surface area contributed by atoms with Gasteiger partial charge in [0.25, 0.3) is 11.6 Å². The van der Waals surface area contributed by atoms with Crippen molar-refractivity contribution in [2.24, 2.45) is 0 Å². The van der Waals surface area contributed by atoms with E-state index in [4.69, 9.17) is 33.3 Å². The molecule has 0 atom stereocenters. The standard InChI is InChI=1S/C17H9ClN2O5S2/c18-12-7-14-13(24-8-25-14)5-9(12)6-15-16(21)19(17(26)27-15)10-1-3-11(4-2-10)20(22)23/h1-7H,8H2. The molecule has 7 nitrogen and oxygen atoms in total. The van der Waals surface area contributed by atoms with Gasteiger partial charge in [0.05, 0.1) is 20.5 Å². The number of amides is 1. The van der Waals surface area contributed by atoms with Gasteiger partial charge >= 0.3 is 0 Å². The predicted octanol–water partition coefficient (Wildman–Crippen LogP) is 4.38. The van der Waals surface area contributed by atoms with E-state index in [9.17, 15) is 14.9 Å². The highest BCUT2D eigenvalue weighted by Crippen LogP contribution is 2.41. The summed E-state index contributed by atoms with van der Waals surface area (Å²) in [6.07, 6.45) is 1.63. The maximum atomic E-state index is 12.8. The highest BCUT2D eigenvalue weighted by Gasteiger charge is 2.33. The third-order valence-corrected chi connectivity index (χ3v) is 5.52. The minimum absolute atomic E-state index is 0.0631. The Hall–Kier alpha value is -2.62. The minimum atomic E-state index is -0.504. The van der Waals surface area contributed by atoms with E-state index >= 15 is 0 Å². The van der Waals surface area contributed by atoms with Crippen molar-refractivity contribution in [2.75, 3.05) is 11.7 Å². The van der Waals surface area contributed by atoms with Gasteiger partial charge in [-0.15, -0.1) is 0 Å². The van der Waals surface area contributed by atoms with Gasteiger partial charge in [-0.2, -0.15) is 0 Å². The Morgan fingerprint density at radius 3 is 2.56 bits per heavy atom. The van der Waals surface area contributed by atoms with E-state index in [0.29, 0.717) is 37.0 Å². The summed E-state index contributed by atoms with van der Waals surface area (Å²) >= 11 is 12.7. The number of carbonyl (C=O) groups is 1. The summed E-state index contributed by atoms with van der Waals surface area (Å²) in [4.78, 5) is 24.8. The van der Waals surface area contributed by atoms with E-state index in [-0.39, 0.29) is 18.4 Å². The molecule has 2 aliphatic heterocycles. The number of halogens is 1. The molecule has 10 heteroatoms. The average molecular weight is 421 g/mol. The fourth-order valence-corrected chi connectivity index (χ4v) is 4.10. The monoisotopic (exact) mass is 420 g/mol. The normalized spacial score (nSPS) is 17.1. The lowest BCUT2D eigenvalue weighted by Crippen LogP contribution is -2.27. The number of non-ortho nitro benzene ring substituents is 1. The van der Waals surface area contributed by atoms with Crippen LogP contribution in [-0.4, -0.2) is 21.9 Å². The Bertz CT molecular complexity index is 1020. The summed E-state index contributed by atoms with van der Waals surface area (Å²) in [6.45, 7) is 0.122. The lowest BCUT2D eigenvalue weighted by atomic mass is 10.1. The second-order valence-corrected chi connectivity index (χ2v) is 7.60. The van der Waals surface area contributed by atoms with Gasteiger partial charge in [-0.05, 0) is 29.8 Å². The Labute approximate surface area is 167 Å². The third-order valence-electron chi connectivity index (χ3n) is 3.89. The Morgan fingerprint density at radius 1 is 1.22 bits per heavy atom. The van der Waals surface area contributed by atoms with Crippen molar-refractivity contribution in [3.63, 3.8) is 0 Å². The van der Waals surface area contributed by atoms with E-state index < -0.39 is 4.92 Å². The topological polar surface area (TPSA) is 81.9 Å². The van der Waals surface area contributed by atoms with Crippen LogP contribution in [0.25, 0.3) is 6.08 Å². The fraction of sp³-hybridized carbons (Fsp3) is 0.0588. The lowest BCUT2D eigenvalue weighted by Gasteiger charge is -2.14. The van der Waals surface area contributed by atoms with Crippen LogP contribution in [0, 0.1) is 10.1 Å². The molecule has 4 rings (SSSR count). The van der Waals surface area contributed by atoms with Crippen LogP contribution >= 0.6 is 35.6 Å². The molecule has 0 unspecified atom stereocenters. The van der Waals surface area contributed by atoms with Gasteiger partial charge < -0.3 is 9.47 Å². The van der Waals surface area contributed by atoms with Gasteiger partial charge in [0.1, 0.15) is 0 Å². The second kappa shape index (κ2) is 6.84. The van der Waals surface area contributed by atoms with Gasteiger partial charge in [-0.3, -0.25) is 19.8 Å². The van der Waals surface area contributed by atoms with Crippen molar-refractivity contribution in [1.29, 1.82) is 0 Å². The predicted molar refractivity (Wildman–Crippen MR) is 106 cm³/mol. The number of benzene rings is 2. The van der Waals surface area contributed by atoms with Crippen molar-refractivity contribution < 1.29 is 19.2 Å². The van der Waals surface area contributed by atoms with Gasteiger partial charge in [0.15, 0.2) is 15.8 Å². The molecular formula is C17H9ClN2O5S2. The van der Waals surface area contributed by atoms with Crippen LogP contribution in [0.4, 0.5) is 11.4 Å². The van der Waals surface area contributed by atoms with Crippen LogP contribution in [0.3, 0.4) is 0 Å². The Morgan fingerprint density at radius 2 is 1.89 bits per heavy atom. The fourth-order valence-electron chi connectivity index (χ4n) is 2.60. The first-order chi connectivity index (χ1) is 12.9. The number of rotatable bonds is 3. The number of hydrogen-bond acceptors (Lipinski definition) is 7. The molecule has 0 aromatic heterocycles. The smallest absolute Gasteiger partial charge is 0.270 e. The maximum Gasteiger partial charge on any atom is 0.270 e. The van der Waals surface area contributed by atoms with E-state index in [1.54, 1.807) is 18.2 Å². The van der Waals surface area contributed by atoms with Crippen LogP contribution in [-0.2, 0) is 4.79 Å². The first-order valence-electron chi connectivity index (χ1n) is 7.55. The molecule has 0 radical (unpaired) electrons. The average Bonchev–Trinajstić information content (AvgIpc) is 3.19. The zero-order chi connectivity index (χ0) is 19.1. The molecule has 27 heavy (non-hydrogen) atoms. The maximum absolute atomic E-state index is 12.8. The number of hydrogen-bond donors (Lipinski definition) is 0. The number of nitro groups is 1. The highest BCUT2D eigenvalue weighted by molar-refractivity contribution is 8.27. The molecule has 0 aliphatic carbocycles. The van der Waals surface area contributed by atoms with Crippen LogP contribution in [0.15, 0.2) is 41.3 Å². The highest BCUT2D eigenvalue weighted by atomic mass is 35.5. The summed E-state index contributed by atoms with van der Waals surface area (Å²) in [5, 5.41) is 11.2. The molecule has 2 aliphatic rings. The Balaban J connectivity index is 1.65. The van der Waals surface area contributed by atoms with E-state index in [0.717, 1.165) is 11.8 Å². The molecule has 2 aromatic rings. The molecule has 1 saturated heterocycles. The van der Waals surface area contributed by atoms with Crippen LogP contribution in [0.5, 0.6) is 11.5 Å². The summed E-state index contributed by atoms with van der Waals surface area (Å²) < 4.78 is 10.9. The molecule has 0 N–H and O–H groups in total. The van der Waals surface area contributed by atoms with E-state index in [1.165, 1.54) is 29.2 Å². The van der Waals surface area contributed by atoms with Gasteiger partial charge in [-0.25, -0.2) is 0 Å². The van der Waals surface area contributed by atoms with Gasteiger partial charge in [0, 0.05) is 18.2 Å². The first kappa shape index (κ1) is 17.8. The molecule has 1 amide bonds. The number of thiocarbonyl (C=S) groups is 1. The van der Waals surface area contributed by atoms with E-state index in [1.807, 2.05) is 0 Å². The quantitative estimate of drug-likeness (QED) is 0.315. The first-order valence-corrected chi connectivity index (χ1v) is 9.16. The molecule has 2 aromatic carbocycles. The number of carbonyl (C=O) groups excluding carboxylic acids is 1. The largest absolute Gasteiger partial charge is 0.454 e. The van der Waals surface area contributed by atoms with Crippen LogP contribution in [0.1, 0.15) is 5.56 Å². The van der Waals surface area contributed by atoms with Crippen molar-refractivity contribution in [3.05, 3.63) is 62.0 Å². The van der Waals surface area contributed by atoms with Crippen molar-refractivity contribution in [2.45, 2.75) is 0 Å². The number of thioether (sulfide) groups is 1. The lowest BCUT2D eigenvalue weighted by molar-refractivity contribution is -0.384. The molecule has 0 bridgehead atoms. The zero-order valence-corrected chi connectivity index (χ0v) is 15.8. The van der Waals surface area contributed by atoms with Crippen molar-refractivity contribution in [3.8, 4) is 11.5 Å². The number of ether oxygens (including phenoxy) is 2. The Kier molecular flexibility index (Phi) is 4.50. The van der Waals surface area contributed by atoms with Gasteiger partial charge in [0.2, 0.25) is 6.79 Å². The third kappa shape index (κ3) is 3.25. The number of nitro benzene ring substituents is 1. The molecule has 2 heterocycles. The number of anilines is 1. The van der Waals surface area contributed by atoms with Crippen molar-refractivity contribution >= 4 is 63.3 Å². The number of fused-ring (bicyclic) bond motifs is 1. The van der Waals surface area contributed by atoms with Gasteiger partial charge in [-0.1, -0.05) is 35.6 Å².